The fourth-order valence-electron chi connectivity index (χ4n) is 6.83. The van der Waals surface area contributed by atoms with Gasteiger partial charge in [-0.15, -0.1) is 0 Å². The van der Waals surface area contributed by atoms with Crippen molar-refractivity contribution in [2.24, 2.45) is 9.98 Å². The topological polar surface area (TPSA) is 28.0 Å². The van der Waals surface area contributed by atoms with E-state index in [1.165, 1.54) is 33.4 Å². The van der Waals surface area contributed by atoms with Crippen LogP contribution in [0.5, 0.6) is 0 Å². The number of anilines is 1. The van der Waals surface area contributed by atoms with Gasteiger partial charge >= 0.3 is 0 Å². The highest BCUT2D eigenvalue weighted by molar-refractivity contribution is 6.19. The second kappa shape index (κ2) is 10.9. The maximum Gasteiger partial charge on any atom is 0.159 e. The summed E-state index contributed by atoms with van der Waals surface area (Å²) in [6.07, 6.45) is -0.332. The van der Waals surface area contributed by atoms with E-state index in [-0.39, 0.29) is 11.6 Å². The molecule has 8 rings (SSSR count). The molecule has 216 valence electrons. The first kappa shape index (κ1) is 27.0. The van der Waals surface area contributed by atoms with Gasteiger partial charge in [0.2, 0.25) is 0 Å². The summed E-state index contributed by atoms with van der Waals surface area (Å²) < 4.78 is 0. The van der Waals surface area contributed by atoms with Crippen molar-refractivity contribution in [3.8, 4) is 22.3 Å². The Labute approximate surface area is 264 Å². The van der Waals surface area contributed by atoms with Crippen LogP contribution in [0.15, 0.2) is 168 Å². The van der Waals surface area contributed by atoms with Gasteiger partial charge < -0.3 is 0 Å². The average molecular weight is 580 g/mol. The Morgan fingerprint density at radius 2 is 1.11 bits per heavy atom. The summed E-state index contributed by atoms with van der Waals surface area (Å²) in [6.45, 7) is 4.66. The number of hydrogen-bond donors (Lipinski definition) is 0. The fraction of sp³-hybridized carbons (Fsp3) is 0.0952. The monoisotopic (exact) mass is 579 g/mol. The third kappa shape index (κ3) is 4.69. The molecule has 1 aliphatic heterocycles. The van der Waals surface area contributed by atoms with Crippen LogP contribution in [-0.4, -0.2) is 11.7 Å². The Bertz CT molecular complexity index is 2080. The van der Waals surface area contributed by atoms with Crippen LogP contribution < -0.4 is 4.90 Å². The lowest BCUT2D eigenvalue weighted by Crippen LogP contribution is -2.39. The van der Waals surface area contributed by atoms with Crippen LogP contribution in [0.2, 0.25) is 0 Å². The maximum atomic E-state index is 5.42. The van der Waals surface area contributed by atoms with Gasteiger partial charge in [-0.05, 0) is 57.1 Å². The first-order valence-electron chi connectivity index (χ1n) is 15.5. The molecule has 6 aromatic carbocycles. The number of hydrogen-bond acceptors (Lipinski definition) is 3. The van der Waals surface area contributed by atoms with Crippen LogP contribution in [0.3, 0.4) is 0 Å². The number of amidine groups is 2. The predicted octanol–water partition coefficient (Wildman–Crippen LogP) is 10.1. The Hall–Kier alpha value is -5.54. The first-order chi connectivity index (χ1) is 22.1. The van der Waals surface area contributed by atoms with Crippen molar-refractivity contribution in [2.45, 2.75) is 25.4 Å². The minimum atomic E-state index is -0.332. The van der Waals surface area contributed by atoms with Crippen LogP contribution in [-0.2, 0) is 5.41 Å². The van der Waals surface area contributed by atoms with Gasteiger partial charge in [-0.25, -0.2) is 9.98 Å². The quantitative estimate of drug-likeness (QED) is 0.200. The predicted molar refractivity (Wildman–Crippen MR) is 187 cm³/mol. The smallest absolute Gasteiger partial charge is 0.159 e. The van der Waals surface area contributed by atoms with Crippen LogP contribution in [0.4, 0.5) is 5.69 Å². The van der Waals surface area contributed by atoms with Gasteiger partial charge in [-0.2, -0.15) is 0 Å². The van der Waals surface area contributed by atoms with Crippen molar-refractivity contribution in [1.29, 1.82) is 0 Å². The van der Waals surface area contributed by atoms with Crippen molar-refractivity contribution in [2.75, 3.05) is 4.90 Å². The highest BCUT2D eigenvalue weighted by Gasteiger charge is 2.37. The summed E-state index contributed by atoms with van der Waals surface area (Å²) in [6, 6.07) is 55.8. The molecule has 0 bridgehead atoms. The molecule has 45 heavy (non-hydrogen) atoms. The second-order valence-electron chi connectivity index (χ2n) is 12.3. The van der Waals surface area contributed by atoms with E-state index < -0.39 is 0 Å². The second-order valence-corrected chi connectivity index (χ2v) is 12.3. The highest BCUT2D eigenvalue weighted by atomic mass is 15.3. The molecule has 2 aliphatic rings. The number of nitrogens with zero attached hydrogens (tertiary/aromatic N) is 3. The minimum Gasteiger partial charge on any atom is -0.299 e. The molecule has 0 amide bonds. The normalized spacial score (nSPS) is 16.4. The van der Waals surface area contributed by atoms with E-state index in [4.69, 9.17) is 9.98 Å². The molecule has 0 saturated heterocycles. The lowest BCUT2D eigenvalue weighted by Gasteiger charge is -2.36. The molecular formula is C42H33N3. The van der Waals surface area contributed by atoms with E-state index in [2.05, 4.69) is 158 Å². The Morgan fingerprint density at radius 1 is 0.511 bits per heavy atom. The Morgan fingerprint density at radius 3 is 1.84 bits per heavy atom. The Balaban J connectivity index is 1.35. The van der Waals surface area contributed by atoms with E-state index in [0.29, 0.717) is 0 Å². The molecule has 1 unspecified atom stereocenters. The summed E-state index contributed by atoms with van der Waals surface area (Å²) in [7, 11) is 0. The molecule has 6 aromatic rings. The van der Waals surface area contributed by atoms with Crippen molar-refractivity contribution in [1.82, 2.24) is 0 Å². The molecule has 0 aromatic heterocycles. The van der Waals surface area contributed by atoms with Crippen LogP contribution in [0.25, 0.3) is 22.3 Å². The summed E-state index contributed by atoms with van der Waals surface area (Å²) in [5.74, 6) is 1.61. The zero-order valence-electron chi connectivity index (χ0n) is 25.4. The Kier molecular flexibility index (Phi) is 6.53. The van der Waals surface area contributed by atoms with E-state index in [0.717, 1.165) is 34.0 Å². The number of fused-ring (bicyclic) bond motifs is 3. The van der Waals surface area contributed by atoms with Gasteiger partial charge in [0.05, 0.1) is 0 Å². The first-order valence-corrected chi connectivity index (χ1v) is 15.5. The lowest BCUT2D eigenvalue weighted by atomic mass is 9.82. The van der Waals surface area contributed by atoms with Gasteiger partial charge in [-0.1, -0.05) is 153 Å². The maximum absolute atomic E-state index is 5.42. The molecule has 3 nitrogen and oxygen atoms in total. The SMILES string of the molecule is CC1(C)c2ccccc2-c2ccc(N3C(c4ccccc4)=NC(c4ccccc4)=NC3c3cccc(-c4ccccc4)c3)cc21. The minimum absolute atomic E-state index is 0.122. The van der Waals surface area contributed by atoms with Gasteiger partial charge in [0, 0.05) is 22.2 Å². The molecule has 1 aliphatic carbocycles. The molecule has 0 saturated carbocycles. The van der Waals surface area contributed by atoms with Crippen molar-refractivity contribution >= 4 is 17.4 Å². The standard InChI is InChI=1S/C42H33N3/c1-42(2)37-24-13-12-23-35(37)36-26-25-34(28-38(36)42)45-40(31-19-10-5-11-20-31)43-39(30-17-8-4-9-18-30)44-41(45)33-22-14-21-32(27-33)29-15-6-3-7-16-29/h3-28,41H,1-2H3. The number of benzene rings is 6. The molecule has 0 fully saturated rings. The lowest BCUT2D eigenvalue weighted by molar-refractivity contribution is 0.659. The molecular weight excluding hydrogens is 546 g/mol. The van der Waals surface area contributed by atoms with Crippen LogP contribution in [0.1, 0.15) is 47.8 Å². The molecule has 3 heteroatoms. The number of rotatable bonds is 5. The van der Waals surface area contributed by atoms with Gasteiger partial charge in [0.25, 0.3) is 0 Å². The molecule has 0 radical (unpaired) electrons. The molecule has 0 spiro atoms. The zero-order valence-corrected chi connectivity index (χ0v) is 25.4. The summed E-state index contributed by atoms with van der Waals surface area (Å²) in [4.78, 5) is 13.0. The van der Waals surface area contributed by atoms with Crippen molar-refractivity contribution in [3.05, 3.63) is 186 Å². The average Bonchev–Trinajstić information content (AvgIpc) is 3.34. The molecule has 1 heterocycles. The van der Waals surface area contributed by atoms with Gasteiger partial charge in [0.15, 0.2) is 12.0 Å². The fourth-order valence-corrected chi connectivity index (χ4v) is 6.83. The third-order valence-corrected chi connectivity index (χ3v) is 9.13. The number of aliphatic imine (C=N–C) groups is 2. The van der Waals surface area contributed by atoms with Gasteiger partial charge in [-0.3, -0.25) is 4.90 Å². The van der Waals surface area contributed by atoms with E-state index in [1.807, 2.05) is 18.2 Å². The summed E-state index contributed by atoms with van der Waals surface area (Å²) in [5, 5.41) is 0. The zero-order chi connectivity index (χ0) is 30.4. The van der Waals surface area contributed by atoms with E-state index in [9.17, 15) is 0 Å². The van der Waals surface area contributed by atoms with Crippen molar-refractivity contribution < 1.29 is 0 Å². The molecule has 0 N–H and O–H groups in total. The highest BCUT2D eigenvalue weighted by Crippen LogP contribution is 2.50. The van der Waals surface area contributed by atoms with Gasteiger partial charge in [0.1, 0.15) is 5.84 Å². The largest absolute Gasteiger partial charge is 0.299 e. The summed E-state index contributed by atoms with van der Waals surface area (Å²) >= 11 is 0. The van der Waals surface area contributed by atoms with E-state index >= 15 is 0 Å². The molecule has 1 atom stereocenters. The van der Waals surface area contributed by atoms with Crippen LogP contribution >= 0.6 is 0 Å². The van der Waals surface area contributed by atoms with Crippen molar-refractivity contribution in [3.63, 3.8) is 0 Å². The third-order valence-electron chi connectivity index (χ3n) is 9.13. The van der Waals surface area contributed by atoms with E-state index in [1.54, 1.807) is 0 Å². The van der Waals surface area contributed by atoms with Crippen LogP contribution in [0, 0.1) is 0 Å². The summed E-state index contributed by atoms with van der Waals surface area (Å²) in [5.41, 5.74) is 11.8.